The van der Waals surface area contributed by atoms with Crippen LogP contribution in [-0.4, -0.2) is 4.57 Å². The maximum absolute atomic E-state index is 11.2. The van der Waals surface area contributed by atoms with Crippen molar-refractivity contribution in [1.82, 2.24) is 4.57 Å². The summed E-state index contributed by atoms with van der Waals surface area (Å²) in [5.74, 6) is 0. The van der Waals surface area contributed by atoms with Crippen molar-refractivity contribution < 1.29 is 0 Å². The van der Waals surface area contributed by atoms with Gasteiger partial charge in [0.2, 0.25) is 0 Å². The van der Waals surface area contributed by atoms with Crippen LogP contribution in [0.5, 0.6) is 0 Å². The van der Waals surface area contributed by atoms with Crippen LogP contribution in [0, 0.1) is 0 Å². The molecule has 0 aliphatic carbocycles. The topological polar surface area (TPSA) is 22.0 Å². The number of fused-ring (bicyclic) bond motifs is 1. The van der Waals surface area contributed by atoms with E-state index in [0.717, 1.165) is 16.5 Å². The van der Waals surface area contributed by atoms with Gasteiger partial charge in [-0.1, -0.05) is 18.2 Å². The second kappa shape index (κ2) is 3.91. The molecule has 0 aliphatic heterocycles. The third kappa shape index (κ3) is 1.85. The van der Waals surface area contributed by atoms with E-state index in [4.69, 9.17) is 0 Å². The van der Waals surface area contributed by atoms with Crippen LogP contribution >= 0.6 is 0 Å². The molecule has 0 bridgehead atoms. The molecule has 2 nitrogen and oxygen atoms in total. The number of hydrogen-bond acceptors (Lipinski definition) is 1. The summed E-state index contributed by atoms with van der Waals surface area (Å²) in [7, 11) is 0. The molecule has 2 aromatic carbocycles. The maximum atomic E-state index is 11.2. The van der Waals surface area contributed by atoms with Crippen LogP contribution in [0.2, 0.25) is 0 Å². The Morgan fingerprint density at radius 3 is 1.88 bits per heavy atom. The van der Waals surface area contributed by atoms with Gasteiger partial charge in [0, 0.05) is 18.1 Å². The van der Waals surface area contributed by atoms with E-state index in [-0.39, 0.29) is 5.43 Å². The standard InChI is InChI=1S/C15H11NO/c17-15-8-6-12-10-16(11-13(12)7-9-15)14-4-2-1-3-5-14/h1-11H. The minimum atomic E-state index is 0.0347. The number of nitrogens with zero attached hydrogens (tertiary/aromatic N) is 1. The fraction of sp³-hybridized carbons (Fsp3) is 0. The van der Waals surface area contributed by atoms with Crippen LogP contribution < -0.4 is 5.43 Å². The van der Waals surface area contributed by atoms with Gasteiger partial charge in [0.25, 0.3) is 0 Å². The van der Waals surface area contributed by atoms with Crippen molar-refractivity contribution in [3.05, 3.63) is 77.2 Å². The summed E-state index contributed by atoms with van der Waals surface area (Å²) in [5, 5.41) is 2.13. The molecule has 0 aliphatic rings. The van der Waals surface area contributed by atoms with Crippen LogP contribution in [-0.2, 0) is 0 Å². The largest absolute Gasteiger partial charge is 0.323 e. The molecule has 0 radical (unpaired) electrons. The summed E-state index contributed by atoms with van der Waals surface area (Å²) >= 11 is 0. The number of aromatic nitrogens is 1. The maximum Gasteiger partial charge on any atom is 0.178 e. The highest BCUT2D eigenvalue weighted by Gasteiger charge is 1.98. The average molecular weight is 221 g/mol. The van der Waals surface area contributed by atoms with Gasteiger partial charge < -0.3 is 4.57 Å². The Labute approximate surface area is 98.8 Å². The van der Waals surface area contributed by atoms with E-state index >= 15 is 0 Å². The monoisotopic (exact) mass is 221 g/mol. The first-order valence-electron chi connectivity index (χ1n) is 5.50. The second-order valence-corrected chi connectivity index (χ2v) is 3.98. The highest BCUT2D eigenvalue weighted by molar-refractivity contribution is 5.82. The van der Waals surface area contributed by atoms with Crippen molar-refractivity contribution >= 4 is 10.8 Å². The minimum absolute atomic E-state index is 0.0347. The molecule has 0 unspecified atom stereocenters. The molecule has 1 heterocycles. The van der Waals surface area contributed by atoms with E-state index < -0.39 is 0 Å². The Hall–Kier alpha value is -2.35. The molecule has 3 rings (SSSR count). The molecule has 1 aromatic heterocycles. The molecule has 82 valence electrons. The first kappa shape index (κ1) is 9.85. The van der Waals surface area contributed by atoms with E-state index in [1.165, 1.54) is 0 Å². The quantitative estimate of drug-likeness (QED) is 0.619. The van der Waals surface area contributed by atoms with Crippen molar-refractivity contribution in [3.8, 4) is 5.69 Å². The lowest BCUT2D eigenvalue weighted by molar-refractivity contribution is 1.09. The fourth-order valence-electron chi connectivity index (χ4n) is 1.91. The summed E-state index contributed by atoms with van der Waals surface area (Å²) in [5.41, 5.74) is 1.15. The zero-order chi connectivity index (χ0) is 11.7. The smallest absolute Gasteiger partial charge is 0.178 e. The Balaban J connectivity index is 2.22. The van der Waals surface area contributed by atoms with Crippen molar-refractivity contribution in [2.75, 3.05) is 0 Å². The van der Waals surface area contributed by atoms with Gasteiger partial charge in [0.1, 0.15) is 0 Å². The van der Waals surface area contributed by atoms with Crippen molar-refractivity contribution in [3.63, 3.8) is 0 Å². The highest BCUT2D eigenvalue weighted by atomic mass is 16.1. The number of para-hydroxylation sites is 1. The van der Waals surface area contributed by atoms with E-state index in [1.54, 1.807) is 12.1 Å². The van der Waals surface area contributed by atoms with Crippen LogP contribution in [0.3, 0.4) is 0 Å². The van der Waals surface area contributed by atoms with Gasteiger partial charge in [-0.25, -0.2) is 0 Å². The molecule has 0 fully saturated rings. The molecule has 0 atom stereocenters. The zero-order valence-electron chi connectivity index (χ0n) is 9.21. The minimum Gasteiger partial charge on any atom is -0.323 e. The van der Waals surface area contributed by atoms with Gasteiger partial charge >= 0.3 is 0 Å². The Morgan fingerprint density at radius 1 is 0.706 bits per heavy atom. The predicted molar refractivity (Wildman–Crippen MR) is 69.5 cm³/mol. The van der Waals surface area contributed by atoms with Crippen molar-refractivity contribution in [2.45, 2.75) is 0 Å². The van der Waals surface area contributed by atoms with E-state index in [9.17, 15) is 4.79 Å². The molecule has 0 saturated heterocycles. The number of rotatable bonds is 1. The van der Waals surface area contributed by atoms with Gasteiger partial charge in [-0.05, 0) is 47.2 Å². The van der Waals surface area contributed by atoms with Crippen LogP contribution in [0.1, 0.15) is 0 Å². The molecule has 17 heavy (non-hydrogen) atoms. The lowest BCUT2D eigenvalue weighted by atomic mass is 10.3. The zero-order valence-corrected chi connectivity index (χ0v) is 9.21. The molecule has 2 heteroatoms. The molecular formula is C15H11NO. The van der Waals surface area contributed by atoms with Gasteiger partial charge in [-0.2, -0.15) is 0 Å². The third-order valence-electron chi connectivity index (χ3n) is 2.80. The van der Waals surface area contributed by atoms with Crippen LogP contribution in [0.25, 0.3) is 16.5 Å². The molecular weight excluding hydrogens is 210 g/mol. The summed E-state index contributed by atoms with van der Waals surface area (Å²) in [6.45, 7) is 0. The molecule has 0 N–H and O–H groups in total. The predicted octanol–water partition coefficient (Wildman–Crippen LogP) is 2.99. The molecule has 0 saturated carbocycles. The van der Waals surface area contributed by atoms with Gasteiger partial charge in [0.15, 0.2) is 5.43 Å². The average Bonchev–Trinajstić information content (AvgIpc) is 2.71. The molecule has 0 spiro atoms. The first-order chi connectivity index (χ1) is 8.33. The van der Waals surface area contributed by atoms with E-state index in [2.05, 4.69) is 16.7 Å². The van der Waals surface area contributed by atoms with Gasteiger partial charge in [-0.15, -0.1) is 0 Å². The lowest BCUT2D eigenvalue weighted by Crippen LogP contribution is -1.89. The second-order valence-electron chi connectivity index (χ2n) is 3.98. The Morgan fingerprint density at radius 2 is 1.29 bits per heavy atom. The van der Waals surface area contributed by atoms with Gasteiger partial charge in [-0.3, -0.25) is 4.79 Å². The summed E-state index contributed by atoms with van der Waals surface area (Å²) in [6.07, 6.45) is 4.06. The molecule has 3 aromatic rings. The SMILES string of the molecule is O=c1ccc2cn(-c3ccccc3)cc2cc1. The third-order valence-corrected chi connectivity index (χ3v) is 2.80. The van der Waals surface area contributed by atoms with Crippen molar-refractivity contribution in [1.29, 1.82) is 0 Å². The van der Waals surface area contributed by atoms with Crippen LogP contribution in [0.15, 0.2) is 71.8 Å². The van der Waals surface area contributed by atoms with Crippen LogP contribution in [0.4, 0.5) is 0 Å². The molecule has 0 amide bonds. The highest BCUT2D eigenvalue weighted by Crippen LogP contribution is 2.16. The number of benzene rings is 1. The number of hydrogen-bond donors (Lipinski definition) is 0. The Bertz CT molecular complexity index is 674. The fourth-order valence-corrected chi connectivity index (χ4v) is 1.91. The lowest BCUT2D eigenvalue weighted by Gasteiger charge is -2.00. The summed E-state index contributed by atoms with van der Waals surface area (Å²) < 4.78 is 2.06. The van der Waals surface area contributed by atoms with E-state index in [0.29, 0.717) is 0 Å². The summed E-state index contributed by atoms with van der Waals surface area (Å²) in [6, 6.07) is 17.0. The summed E-state index contributed by atoms with van der Waals surface area (Å²) in [4.78, 5) is 11.2. The first-order valence-corrected chi connectivity index (χ1v) is 5.50. The van der Waals surface area contributed by atoms with E-state index in [1.807, 2.05) is 42.7 Å². The normalized spacial score (nSPS) is 10.6. The van der Waals surface area contributed by atoms with Gasteiger partial charge in [0.05, 0.1) is 0 Å². The Kier molecular flexibility index (Phi) is 2.26. The van der Waals surface area contributed by atoms with Crippen molar-refractivity contribution in [2.24, 2.45) is 0 Å².